The van der Waals surface area contributed by atoms with Gasteiger partial charge in [-0.05, 0) is 216 Å². The Hall–Kier alpha value is -8.55. The summed E-state index contributed by atoms with van der Waals surface area (Å²) in [6.45, 7) is 33.7. The van der Waals surface area contributed by atoms with Crippen molar-refractivity contribution in [1.29, 1.82) is 0 Å². The van der Waals surface area contributed by atoms with Crippen LogP contribution in [0.1, 0.15) is 190 Å². The molecule has 13 rings (SSSR count). The highest BCUT2D eigenvalue weighted by molar-refractivity contribution is 6.25. The number of hydrogen-bond donors (Lipinski definition) is 9. The van der Waals surface area contributed by atoms with Crippen LogP contribution in [-0.4, -0.2) is 98.8 Å². The summed E-state index contributed by atoms with van der Waals surface area (Å²) < 4.78 is 4.93. The molecule has 0 amide bonds. The summed E-state index contributed by atoms with van der Waals surface area (Å²) in [4.78, 5) is 48.9. The van der Waals surface area contributed by atoms with E-state index in [9.17, 15) is 0 Å². The minimum absolute atomic E-state index is 0.0481. The predicted octanol–water partition coefficient (Wildman–Crippen LogP) is 12.4. The lowest BCUT2D eigenvalue weighted by Gasteiger charge is -2.29. The van der Waals surface area contributed by atoms with Gasteiger partial charge >= 0.3 is 0 Å². The number of nitrogens with one attached hydrogen (secondary N) is 9. The molecule has 8 bridgehead atoms. The molecule has 20 nitrogen and oxygen atoms in total. The first-order valence-electron chi connectivity index (χ1n) is 32.2. The van der Waals surface area contributed by atoms with Gasteiger partial charge in [-0.15, -0.1) is 0 Å². The second-order valence-electron chi connectivity index (χ2n) is 26.4. The predicted molar refractivity (Wildman–Crippen MR) is 368 cm³/mol. The van der Waals surface area contributed by atoms with Crippen LogP contribution < -0.4 is 58.8 Å². The maximum Gasteiger partial charge on any atom is 0.196 e. The van der Waals surface area contributed by atoms with E-state index in [1.54, 1.807) is 0 Å². The molecule has 1 atom stereocenters. The maximum atomic E-state index is 5.95. The molecule has 1 fully saturated rings. The molecule has 464 valence electrons. The number of fused-ring (bicyclic) bond motifs is 4. The minimum atomic E-state index is -0.637. The lowest BCUT2D eigenvalue weighted by molar-refractivity contribution is 0.309. The molecule has 8 heterocycles. The zero-order chi connectivity index (χ0) is 62.2. The number of amidine groups is 3. The van der Waals surface area contributed by atoms with Crippen molar-refractivity contribution in [2.45, 2.75) is 216 Å². The number of benzene rings is 4. The first-order chi connectivity index (χ1) is 42.1. The Bertz CT molecular complexity index is 3960. The maximum absolute atomic E-state index is 5.95. The summed E-state index contributed by atoms with van der Waals surface area (Å²) in [5, 5.41) is 36.9. The molecular formula is C68H92N20. The van der Waals surface area contributed by atoms with Gasteiger partial charge in [0.1, 0.15) is 28.4 Å². The molecule has 2 aromatic heterocycles. The highest BCUT2D eigenvalue weighted by Crippen LogP contribution is 2.46. The van der Waals surface area contributed by atoms with Crippen LogP contribution in [0.3, 0.4) is 0 Å². The zero-order valence-corrected chi connectivity index (χ0v) is 54.4. The van der Waals surface area contributed by atoms with Crippen LogP contribution in [-0.2, 0) is 0 Å². The number of aromatic nitrogens is 2. The number of hydrogen-bond acceptors (Lipinski definition) is 10. The van der Waals surface area contributed by atoms with Crippen molar-refractivity contribution in [3.63, 3.8) is 0 Å². The largest absolute Gasteiger partial charge is 0.354 e. The number of anilines is 5. The van der Waals surface area contributed by atoms with Gasteiger partial charge in [0, 0.05) is 127 Å². The first kappa shape index (κ1) is 61.1. The normalized spacial score (nSPS) is 18.5. The lowest BCUT2D eigenvalue weighted by Crippen LogP contribution is -2.36. The van der Waals surface area contributed by atoms with Crippen LogP contribution in [0.15, 0.2) is 118 Å². The average molecular weight is 1190 g/mol. The van der Waals surface area contributed by atoms with E-state index in [1.807, 2.05) is 0 Å². The van der Waals surface area contributed by atoms with E-state index < -0.39 is 6.17 Å². The fourth-order valence-electron chi connectivity index (χ4n) is 12.4. The molecular weight excluding hydrogens is 1100 g/mol. The molecule has 1 aliphatic carbocycles. The standard InChI is InChI=1S/C68H92N20/c1-35(2)69-65(70-36(3)4)77-43-23-27-49-53(31-43)59-81-57(49)83-63-56-34-46(80-68(75-41(13)14)76-42(15)16)26-30-52(56)62-86-60-54-32-44(78-66(71-37(5)6)72-38(7)8)24-28-50(54)58(82-60)84-64-55-33-45(79-67(73-39(9)10)74-40(11)12)25-29-51(55)61(85-59)87(64)47-19-17-21-48(88(62)63)22-18-20-47/h23-42,47-48,57H,17-22H2,1-16H3,(H,81,85)(H2,69,70,77)(H2,71,72,78)(H2,73,74,79)(H2,75,76,80). The van der Waals surface area contributed by atoms with Gasteiger partial charge in [-0.2, -0.15) is 0 Å². The Morgan fingerprint density at radius 3 is 1.39 bits per heavy atom. The first-order valence-corrected chi connectivity index (χ1v) is 32.2. The Morgan fingerprint density at radius 1 is 0.432 bits per heavy atom. The molecule has 0 radical (unpaired) electrons. The van der Waals surface area contributed by atoms with Crippen LogP contribution in [0.2, 0.25) is 0 Å². The molecule has 6 aromatic rings. The van der Waals surface area contributed by atoms with Gasteiger partial charge in [0.05, 0.1) is 0 Å². The van der Waals surface area contributed by atoms with Crippen LogP contribution in [0, 0.1) is 0 Å². The quantitative estimate of drug-likeness (QED) is 0.0419. The van der Waals surface area contributed by atoms with E-state index in [0.29, 0.717) is 41.3 Å². The molecule has 20 heteroatoms. The van der Waals surface area contributed by atoms with Gasteiger partial charge < -0.3 is 57.0 Å². The zero-order valence-electron chi connectivity index (χ0n) is 54.4. The molecule has 9 N–H and O–H groups in total. The average Bonchev–Trinajstić information content (AvgIpc) is 2.33. The molecule has 0 spiro atoms. The van der Waals surface area contributed by atoms with Gasteiger partial charge in [-0.3, -0.25) is 20.0 Å². The number of aliphatic imine (C=N–C) groups is 7. The van der Waals surface area contributed by atoms with Crippen molar-refractivity contribution in [3.8, 4) is 0 Å². The molecule has 88 heavy (non-hydrogen) atoms. The van der Waals surface area contributed by atoms with E-state index in [-0.39, 0.29) is 60.4 Å². The van der Waals surface area contributed by atoms with Crippen molar-refractivity contribution >= 4 is 97.3 Å². The van der Waals surface area contributed by atoms with E-state index in [1.165, 1.54) is 0 Å². The SMILES string of the molecule is CC(C)N=C(Nc1ccc2c(c1)C1=NC2=Nc2c3cc(NC(=NC(C)C)NC(C)C)ccc3c3n2C2CCCC(CCC2)n2c(c4ccc(NC(=NC(C)C)NC(C)C)cc4c2=NC2N=C(N3)c3cc(NC(=NC(C)C)NC(C)C)ccc32)=N1)NC(C)C. The van der Waals surface area contributed by atoms with Crippen molar-refractivity contribution in [1.82, 2.24) is 30.4 Å². The number of rotatable bonds is 12. The fraction of sp³-hybridized carbons (Fsp3) is 0.485. The summed E-state index contributed by atoms with van der Waals surface area (Å²) in [5.41, 5.74) is 8.76. The monoisotopic (exact) mass is 1190 g/mol. The topological polar surface area (TPSA) is 229 Å². The van der Waals surface area contributed by atoms with Crippen molar-refractivity contribution in [2.24, 2.45) is 44.9 Å². The van der Waals surface area contributed by atoms with Crippen molar-refractivity contribution < 1.29 is 0 Å². The highest BCUT2D eigenvalue weighted by atomic mass is 15.3. The third-order valence-electron chi connectivity index (χ3n) is 15.6. The second-order valence-corrected chi connectivity index (χ2v) is 26.4. The van der Waals surface area contributed by atoms with Crippen LogP contribution in [0.4, 0.5) is 34.4 Å². The molecule has 4 aromatic carbocycles. The second kappa shape index (κ2) is 25.6. The number of nitrogens with zero attached hydrogens (tertiary/aromatic N) is 11. The van der Waals surface area contributed by atoms with Gasteiger partial charge in [-0.25, -0.2) is 25.0 Å². The van der Waals surface area contributed by atoms with Crippen LogP contribution in [0.5, 0.6) is 0 Å². The van der Waals surface area contributed by atoms with E-state index in [2.05, 4.69) is 241 Å². The Morgan fingerprint density at radius 2 is 0.875 bits per heavy atom. The van der Waals surface area contributed by atoms with Crippen LogP contribution in [0.25, 0.3) is 21.5 Å². The Kier molecular flexibility index (Phi) is 17.8. The molecule has 7 aliphatic rings. The fourth-order valence-corrected chi connectivity index (χ4v) is 12.4. The minimum Gasteiger partial charge on any atom is -0.354 e. The van der Waals surface area contributed by atoms with Crippen LogP contribution >= 0.6 is 0 Å². The molecule has 6 aliphatic heterocycles. The smallest absolute Gasteiger partial charge is 0.196 e. The summed E-state index contributed by atoms with van der Waals surface area (Å²) in [5.74, 6) is 6.39. The lowest BCUT2D eigenvalue weighted by atomic mass is 9.93. The third-order valence-corrected chi connectivity index (χ3v) is 15.6. The highest BCUT2D eigenvalue weighted by Gasteiger charge is 2.35. The van der Waals surface area contributed by atoms with Gasteiger partial charge in [0.15, 0.2) is 41.7 Å². The number of guanidine groups is 4. The molecule has 0 saturated heterocycles. The van der Waals surface area contributed by atoms with Crippen molar-refractivity contribution in [2.75, 3.05) is 26.6 Å². The Balaban J connectivity index is 1.24. The summed E-state index contributed by atoms with van der Waals surface area (Å²) in [6, 6.07) is 27.0. The summed E-state index contributed by atoms with van der Waals surface area (Å²) >= 11 is 0. The van der Waals surface area contributed by atoms with E-state index in [4.69, 9.17) is 44.9 Å². The van der Waals surface area contributed by atoms with E-state index in [0.717, 1.165) is 128 Å². The van der Waals surface area contributed by atoms with Gasteiger partial charge in [0.25, 0.3) is 0 Å². The van der Waals surface area contributed by atoms with Gasteiger partial charge in [0.2, 0.25) is 0 Å². The van der Waals surface area contributed by atoms with Gasteiger partial charge in [-0.1, -0.05) is 6.07 Å². The third kappa shape index (κ3) is 13.5. The summed E-state index contributed by atoms with van der Waals surface area (Å²) in [6.07, 6.45) is 4.94. The Labute approximate surface area is 518 Å². The van der Waals surface area contributed by atoms with Crippen molar-refractivity contribution in [3.05, 3.63) is 106 Å². The van der Waals surface area contributed by atoms with E-state index >= 15 is 0 Å². The molecule has 1 saturated carbocycles. The summed E-state index contributed by atoms with van der Waals surface area (Å²) in [7, 11) is 0. The molecule has 1 unspecified atom stereocenters.